The zero-order valence-corrected chi connectivity index (χ0v) is 24.3. The smallest absolute Gasteiger partial charge is 0.397 e. The largest absolute Gasteiger partial charge is 0.476 e. The standard InChI is InChI=1S/C28H31F3N6O2S2/c1-27(2,28(29,30)31)18-39-23-13-16-37(35-23)25-24-21-11-7-6-10-19(21)9-5-3-4-8-14-32-22-17-20(12-15-33-22)41(38)36-26(34-24)40-25/h6-7,10-13,15-17H,3-5,8-9,14,18H2,1-2H3,(H,32,33)(H,34,36). The van der Waals surface area contributed by atoms with Crippen LogP contribution in [0.1, 0.15) is 45.1 Å². The van der Waals surface area contributed by atoms with E-state index >= 15 is 0 Å². The fraction of sp³-hybridized carbons (Fsp3) is 0.393. The van der Waals surface area contributed by atoms with Gasteiger partial charge in [-0.1, -0.05) is 48.4 Å². The summed E-state index contributed by atoms with van der Waals surface area (Å²) >= 11 is 1.25. The van der Waals surface area contributed by atoms with Gasteiger partial charge in [0.2, 0.25) is 5.88 Å². The number of benzene rings is 1. The molecule has 4 heterocycles. The molecule has 0 spiro atoms. The number of aromatic nitrogens is 4. The second-order valence-corrected chi connectivity index (χ2v) is 12.6. The monoisotopic (exact) mass is 604 g/mol. The van der Waals surface area contributed by atoms with Gasteiger partial charge in [0.25, 0.3) is 0 Å². The predicted octanol–water partition coefficient (Wildman–Crippen LogP) is 7.02. The Balaban J connectivity index is 1.50. The van der Waals surface area contributed by atoms with Crippen molar-refractivity contribution >= 4 is 33.3 Å². The summed E-state index contributed by atoms with van der Waals surface area (Å²) in [4.78, 5) is 9.71. The normalized spacial score (nSPS) is 16.7. The number of nitrogens with one attached hydrogen (secondary N) is 2. The van der Waals surface area contributed by atoms with E-state index in [0.29, 0.717) is 26.5 Å². The minimum Gasteiger partial charge on any atom is -0.476 e. The molecule has 1 atom stereocenters. The molecule has 13 heteroatoms. The lowest BCUT2D eigenvalue weighted by molar-refractivity contribution is -0.219. The van der Waals surface area contributed by atoms with Gasteiger partial charge in [0.05, 0.1) is 10.3 Å². The van der Waals surface area contributed by atoms with Gasteiger partial charge in [0.1, 0.15) is 23.1 Å². The van der Waals surface area contributed by atoms with E-state index in [1.54, 1.807) is 29.2 Å². The zero-order valence-electron chi connectivity index (χ0n) is 22.7. The van der Waals surface area contributed by atoms with Crippen LogP contribution >= 0.6 is 11.3 Å². The molecular weight excluding hydrogens is 573 g/mol. The molecule has 0 radical (unpaired) electrons. The number of nitrogens with zero attached hydrogens (tertiary/aromatic N) is 4. The Morgan fingerprint density at radius 2 is 1.90 bits per heavy atom. The lowest BCUT2D eigenvalue weighted by atomic mass is 9.94. The predicted molar refractivity (Wildman–Crippen MR) is 155 cm³/mol. The summed E-state index contributed by atoms with van der Waals surface area (Å²) in [6.45, 7) is 2.39. The van der Waals surface area contributed by atoms with Crippen LogP contribution in [0, 0.1) is 5.41 Å². The van der Waals surface area contributed by atoms with Gasteiger partial charge in [-0.3, -0.25) is 4.72 Å². The number of anilines is 2. The third-order valence-corrected chi connectivity index (χ3v) is 8.96. The van der Waals surface area contributed by atoms with Crippen molar-refractivity contribution in [3.05, 3.63) is 60.4 Å². The van der Waals surface area contributed by atoms with Crippen LogP contribution in [-0.2, 0) is 17.4 Å². The number of hydrogen-bond donors (Lipinski definition) is 2. The van der Waals surface area contributed by atoms with E-state index in [1.807, 2.05) is 18.2 Å². The molecule has 1 unspecified atom stereocenters. The van der Waals surface area contributed by atoms with Crippen LogP contribution in [0.2, 0.25) is 0 Å². The van der Waals surface area contributed by atoms with Crippen molar-refractivity contribution in [3.8, 4) is 22.1 Å². The molecular formula is C28H31F3N6O2S2. The first-order valence-electron chi connectivity index (χ1n) is 13.3. The molecule has 2 N–H and O–H groups in total. The summed E-state index contributed by atoms with van der Waals surface area (Å²) in [6.07, 6.45) is 3.83. The Hall–Kier alpha value is -3.45. The van der Waals surface area contributed by atoms with E-state index < -0.39 is 29.2 Å². The molecule has 218 valence electrons. The van der Waals surface area contributed by atoms with Gasteiger partial charge in [0, 0.05) is 30.6 Å². The van der Waals surface area contributed by atoms with Crippen molar-refractivity contribution in [3.63, 3.8) is 0 Å². The maximum atomic E-state index is 13.3. The number of fused-ring (bicyclic) bond motifs is 6. The summed E-state index contributed by atoms with van der Waals surface area (Å²) in [5, 5.41) is 8.76. The minimum absolute atomic E-state index is 0.0688. The average molecular weight is 605 g/mol. The first-order chi connectivity index (χ1) is 19.6. The third-order valence-electron chi connectivity index (χ3n) is 6.81. The Morgan fingerprint density at radius 3 is 2.73 bits per heavy atom. The third kappa shape index (κ3) is 6.89. The van der Waals surface area contributed by atoms with Gasteiger partial charge >= 0.3 is 6.18 Å². The maximum Gasteiger partial charge on any atom is 0.397 e. The van der Waals surface area contributed by atoms with E-state index in [1.165, 1.54) is 17.4 Å². The SMILES string of the molecule is CC(C)(COc1ccn(-c2sc3nc2-c2ccccc2CCCCCCNc2cc(ccn2)S(=O)N3)n1)C(F)(F)F. The van der Waals surface area contributed by atoms with Crippen molar-refractivity contribution in [1.29, 1.82) is 0 Å². The molecule has 8 nitrogen and oxygen atoms in total. The highest BCUT2D eigenvalue weighted by Crippen LogP contribution is 2.39. The second-order valence-electron chi connectivity index (χ2n) is 10.4. The number of ether oxygens (including phenoxy) is 1. The molecule has 0 aliphatic carbocycles. The molecule has 4 bridgehead atoms. The molecule has 4 aromatic rings. The van der Waals surface area contributed by atoms with Crippen LogP contribution in [-0.4, -0.2) is 43.3 Å². The van der Waals surface area contributed by atoms with Gasteiger partial charge in [0.15, 0.2) is 16.1 Å². The zero-order chi connectivity index (χ0) is 29.0. The van der Waals surface area contributed by atoms with E-state index in [-0.39, 0.29) is 5.88 Å². The number of aryl methyl sites for hydroxylation is 1. The van der Waals surface area contributed by atoms with Crippen LogP contribution in [0.4, 0.5) is 24.1 Å². The molecule has 1 aliphatic heterocycles. The van der Waals surface area contributed by atoms with Crippen LogP contribution < -0.4 is 14.8 Å². The van der Waals surface area contributed by atoms with Crippen LogP contribution in [0.3, 0.4) is 0 Å². The topological polar surface area (TPSA) is 94.0 Å². The second kappa shape index (κ2) is 12.2. The van der Waals surface area contributed by atoms with E-state index in [9.17, 15) is 17.4 Å². The fourth-order valence-electron chi connectivity index (χ4n) is 4.26. The molecule has 3 aromatic heterocycles. The van der Waals surface area contributed by atoms with Crippen molar-refractivity contribution < 1.29 is 22.1 Å². The molecule has 0 fully saturated rings. The number of halogens is 3. The van der Waals surface area contributed by atoms with Gasteiger partial charge in [-0.05, 0) is 50.8 Å². The summed E-state index contributed by atoms with van der Waals surface area (Å²) in [6, 6.07) is 13.0. The highest BCUT2D eigenvalue weighted by molar-refractivity contribution is 7.86. The Bertz CT molecular complexity index is 1520. The van der Waals surface area contributed by atoms with Gasteiger partial charge < -0.3 is 10.1 Å². The minimum atomic E-state index is -4.41. The van der Waals surface area contributed by atoms with Gasteiger partial charge in [-0.2, -0.15) is 13.2 Å². The number of alkyl halides is 3. The summed E-state index contributed by atoms with van der Waals surface area (Å²) in [5.74, 6) is 0.729. The van der Waals surface area contributed by atoms with Crippen LogP contribution in [0.25, 0.3) is 16.3 Å². The van der Waals surface area contributed by atoms with Crippen molar-refractivity contribution in [2.24, 2.45) is 5.41 Å². The van der Waals surface area contributed by atoms with Crippen LogP contribution in [0.5, 0.6) is 5.88 Å². The first-order valence-corrected chi connectivity index (χ1v) is 15.3. The van der Waals surface area contributed by atoms with E-state index in [0.717, 1.165) is 63.6 Å². The highest BCUT2D eigenvalue weighted by atomic mass is 32.2. The Kier molecular flexibility index (Phi) is 8.64. The first kappa shape index (κ1) is 29.1. The Labute approximate surface area is 243 Å². The van der Waals surface area contributed by atoms with Crippen molar-refractivity contribution in [1.82, 2.24) is 19.7 Å². The number of thiazole rings is 1. The van der Waals surface area contributed by atoms with Crippen molar-refractivity contribution in [2.75, 3.05) is 23.2 Å². The van der Waals surface area contributed by atoms with Gasteiger partial charge in [-0.25, -0.2) is 18.9 Å². The molecule has 1 aromatic carbocycles. The van der Waals surface area contributed by atoms with Crippen molar-refractivity contribution in [2.45, 2.75) is 57.0 Å². The quantitative estimate of drug-likeness (QED) is 0.260. The number of rotatable bonds is 4. The maximum absolute atomic E-state index is 13.3. The molecule has 1 aliphatic rings. The molecule has 0 amide bonds. The molecule has 0 saturated carbocycles. The molecule has 5 rings (SSSR count). The molecule has 0 saturated heterocycles. The molecule has 41 heavy (non-hydrogen) atoms. The number of pyridine rings is 1. The lowest BCUT2D eigenvalue weighted by Gasteiger charge is -2.26. The average Bonchev–Trinajstić information content (AvgIpc) is 3.58. The fourth-order valence-corrected chi connectivity index (χ4v) is 6.15. The summed E-state index contributed by atoms with van der Waals surface area (Å²) < 4.78 is 63.2. The van der Waals surface area contributed by atoms with Crippen LogP contribution in [0.15, 0.2) is 59.8 Å². The summed E-state index contributed by atoms with van der Waals surface area (Å²) in [5.41, 5.74) is 0.651. The number of hydrogen-bond acceptors (Lipinski definition) is 7. The Morgan fingerprint density at radius 1 is 1.10 bits per heavy atom. The lowest BCUT2D eigenvalue weighted by Crippen LogP contribution is -2.37. The van der Waals surface area contributed by atoms with E-state index in [4.69, 9.17) is 9.72 Å². The highest BCUT2D eigenvalue weighted by Gasteiger charge is 2.48. The summed E-state index contributed by atoms with van der Waals surface area (Å²) in [7, 11) is -1.61. The van der Waals surface area contributed by atoms with E-state index in [2.05, 4.69) is 26.2 Å². The van der Waals surface area contributed by atoms with Gasteiger partial charge in [-0.15, -0.1) is 5.10 Å².